The standard InChI is InChI=1S/C14H25N5/c1-4-15-13-16-12(10-11(2)3)17-14(18-13)19-8-6-5-7-9-19/h11H,4-10H2,1-3H3,(H,15,16,17,18). The zero-order chi connectivity index (χ0) is 13.7. The normalized spacial score (nSPS) is 15.9. The first-order valence-corrected chi connectivity index (χ1v) is 7.42. The molecular formula is C14H25N5. The maximum absolute atomic E-state index is 4.64. The summed E-state index contributed by atoms with van der Waals surface area (Å²) in [6.07, 6.45) is 4.70. The third-order valence-electron chi connectivity index (χ3n) is 3.23. The van der Waals surface area contributed by atoms with Crippen LogP contribution in [0.3, 0.4) is 0 Å². The second-order valence-electron chi connectivity index (χ2n) is 5.55. The molecule has 1 aromatic rings. The number of piperidine rings is 1. The molecule has 0 atom stereocenters. The van der Waals surface area contributed by atoms with Crippen LogP contribution in [0.15, 0.2) is 0 Å². The van der Waals surface area contributed by atoms with Gasteiger partial charge in [0.05, 0.1) is 0 Å². The second kappa shape index (κ2) is 6.68. The predicted molar refractivity (Wildman–Crippen MR) is 78.6 cm³/mol. The molecule has 0 spiro atoms. The average molecular weight is 263 g/mol. The van der Waals surface area contributed by atoms with Gasteiger partial charge >= 0.3 is 0 Å². The first kappa shape index (κ1) is 14.0. The van der Waals surface area contributed by atoms with Crippen LogP contribution in [0.4, 0.5) is 11.9 Å². The van der Waals surface area contributed by atoms with Gasteiger partial charge in [0.2, 0.25) is 11.9 Å². The zero-order valence-electron chi connectivity index (χ0n) is 12.3. The molecule has 0 radical (unpaired) electrons. The summed E-state index contributed by atoms with van der Waals surface area (Å²) in [5, 5.41) is 3.21. The number of nitrogens with one attached hydrogen (secondary N) is 1. The fourth-order valence-corrected chi connectivity index (χ4v) is 2.34. The van der Waals surface area contributed by atoms with Gasteiger partial charge in [-0.25, -0.2) is 0 Å². The topological polar surface area (TPSA) is 53.9 Å². The number of nitrogens with zero attached hydrogens (tertiary/aromatic N) is 4. The molecule has 0 aliphatic carbocycles. The van der Waals surface area contributed by atoms with E-state index in [1.165, 1.54) is 19.3 Å². The number of aromatic nitrogens is 3. The van der Waals surface area contributed by atoms with Gasteiger partial charge in [0.25, 0.3) is 0 Å². The smallest absolute Gasteiger partial charge is 0.230 e. The SMILES string of the molecule is CCNc1nc(CC(C)C)nc(N2CCCCC2)n1. The fraction of sp³-hybridized carbons (Fsp3) is 0.786. The van der Waals surface area contributed by atoms with Gasteiger partial charge in [-0.15, -0.1) is 0 Å². The molecule has 1 aromatic heterocycles. The van der Waals surface area contributed by atoms with Gasteiger partial charge in [0, 0.05) is 26.1 Å². The van der Waals surface area contributed by atoms with Crippen LogP contribution in [0.1, 0.15) is 45.9 Å². The molecular weight excluding hydrogens is 238 g/mol. The number of rotatable bonds is 5. The molecule has 1 aliphatic rings. The van der Waals surface area contributed by atoms with Crippen molar-refractivity contribution in [1.29, 1.82) is 0 Å². The van der Waals surface area contributed by atoms with E-state index in [0.29, 0.717) is 11.9 Å². The molecule has 5 nitrogen and oxygen atoms in total. The molecule has 0 bridgehead atoms. The van der Waals surface area contributed by atoms with Gasteiger partial charge in [-0.3, -0.25) is 0 Å². The van der Waals surface area contributed by atoms with E-state index in [0.717, 1.165) is 37.8 Å². The van der Waals surface area contributed by atoms with E-state index < -0.39 is 0 Å². The van der Waals surface area contributed by atoms with Crippen molar-refractivity contribution in [1.82, 2.24) is 15.0 Å². The Hall–Kier alpha value is -1.39. The van der Waals surface area contributed by atoms with Crippen molar-refractivity contribution in [2.75, 3.05) is 29.9 Å². The Balaban J connectivity index is 2.21. The van der Waals surface area contributed by atoms with E-state index in [2.05, 4.69) is 45.9 Å². The highest BCUT2D eigenvalue weighted by Gasteiger charge is 2.16. The van der Waals surface area contributed by atoms with Crippen molar-refractivity contribution in [3.05, 3.63) is 5.82 Å². The molecule has 106 valence electrons. The Labute approximate surface area is 115 Å². The lowest BCUT2D eigenvalue weighted by Gasteiger charge is -2.27. The molecule has 0 unspecified atom stereocenters. The lowest BCUT2D eigenvalue weighted by molar-refractivity contribution is 0.561. The van der Waals surface area contributed by atoms with Crippen LogP contribution in [0.25, 0.3) is 0 Å². The minimum Gasteiger partial charge on any atom is -0.354 e. The summed E-state index contributed by atoms with van der Waals surface area (Å²) in [5.41, 5.74) is 0. The van der Waals surface area contributed by atoms with Crippen LogP contribution >= 0.6 is 0 Å². The van der Waals surface area contributed by atoms with Crippen LogP contribution in [-0.2, 0) is 6.42 Å². The minimum atomic E-state index is 0.561. The zero-order valence-corrected chi connectivity index (χ0v) is 12.3. The quantitative estimate of drug-likeness (QED) is 0.884. The van der Waals surface area contributed by atoms with Crippen LogP contribution < -0.4 is 10.2 Å². The lowest BCUT2D eigenvalue weighted by atomic mass is 10.1. The number of anilines is 2. The highest BCUT2D eigenvalue weighted by molar-refractivity contribution is 5.37. The van der Waals surface area contributed by atoms with Crippen LogP contribution in [0, 0.1) is 5.92 Å². The Bertz CT molecular complexity index is 399. The second-order valence-corrected chi connectivity index (χ2v) is 5.55. The van der Waals surface area contributed by atoms with Gasteiger partial charge in [-0.1, -0.05) is 13.8 Å². The summed E-state index contributed by atoms with van der Waals surface area (Å²) < 4.78 is 0. The maximum atomic E-state index is 4.64. The first-order chi connectivity index (χ1) is 9.19. The molecule has 19 heavy (non-hydrogen) atoms. The number of hydrogen-bond donors (Lipinski definition) is 1. The molecule has 2 rings (SSSR count). The summed E-state index contributed by atoms with van der Waals surface area (Å²) in [6, 6.07) is 0. The van der Waals surface area contributed by atoms with Crippen LogP contribution in [0.2, 0.25) is 0 Å². The predicted octanol–water partition coefficient (Wildman–Crippen LogP) is 2.49. The average Bonchev–Trinajstić information content (AvgIpc) is 2.39. The Morgan fingerprint density at radius 1 is 1.11 bits per heavy atom. The summed E-state index contributed by atoms with van der Waals surface area (Å²) in [4.78, 5) is 16.0. The van der Waals surface area contributed by atoms with E-state index in [1.54, 1.807) is 0 Å². The van der Waals surface area contributed by atoms with Gasteiger partial charge in [-0.05, 0) is 32.1 Å². The summed E-state index contributed by atoms with van der Waals surface area (Å²) >= 11 is 0. The Morgan fingerprint density at radius 3 is 2.47 bits per heavy atom. The molecule has 0 aromatic carbocycles. The molecule has 0 amide bonds. The molecule has 1 saturated heterocycles. The maximum Gasteiger partial charge on any atom is 0.230 e. The first-order valence-electron chi connectivity index (χ1n) is 7.42. The van der Waals surface area contributed by atoms with E-state index in [4.69, 9.17) is 0 Å². The van der Waals surface area contributed by atoms with Crippen LogP contribution in [0.5, 0.6) is 0 Å². The Kier molecular flexibility index (Phi) is 4.93. The van der Waals surface area contributed by atoms with Gasteiger partial charge in [-0.2, -0.15) is 15.0 Å². The van der Waals surface area contributed by atoms with Crippen LogP contribution in [-0.4, -0.2) is 34.6 Å². The van der Waals surface area contributed by atoms with Gasteiger partial charge in [0.1, 0.15) is 5.82 Å². The molecule has 2 heterocycles. The largest absolute Gasteiger partial charge is 0.354 e. The van der Waals surface area contributed by atoms with Crippen molar-refractivity contribution in [3.63, 3.8) is 0 Å². The van der Waals surface area contributed by atoms with E-state index in [-0.39, 0.29) is 0 Å². The number of hydrogen-bond acceptors (Lipinski definition) is 5. The molecule has 5 heteroatoms. The van der Waals surface area contributed by atoms with E-state index in [1.807, 2.05) is 0 Å². The fourth-order valence-electron chi connectivity index (χ4n) is 2.34. The molecule has 0 saturated carbocycles. The molecule has 1 fully saturated rings. The van der Waals surface area contributed by atoms with Crippen molar-refractivity contribution in [2.45, 2.75) is 46.5 Å². The summed E-state index contributed by atoms with van der Waals surface area (Å²) in [6.45, 7) is 9.42. The van der Waals surface area contributed by atoms with Crippen molar-refractivity contribution in [2.24, 2.45) is 5.92 Å². The lowest BCUT2D eigenvalue weighted by Crippen LogP contribution is -2.31. The summed E-state index contributed by atoms with van der Waals surface area (Å²) in [7, 11) is 0. The Morgan fingerprint density at radius 2 is 1.84 bits per heavy atom. The monoisotopic (exact) mass is 263 g/mol. The van der Waals surface area contributed by atoms with E-state index in [9.17, 15) is 0 Å². The third kappa shape index (κ3) is 4.04. The van der Waals surface area contributed by atoms with Gasteiger partial charge in [0.15, 0.2) is 0 Å². The third-order valence-corrected chi connectivity index (χ3v) is 3.23. The van der Waals surface area contributed by atoms with Crippen molar-refractivity contribution < 1.29 is 0 Å². The highest BCUT2D eigenvalue weighted by atomic mass is 15.3. The van der Waals surface area contributed by atoms with Gasteiger partial charge < -0.3 is 10.2 Å². The minimum absolute atomic E-state index is 0.561. The van der Waals surface area contributed by atoms with Crippen molar-refractivity contribution >= 4 is 11.9 Å². The van der Waals surface area contributed by atoms with E-state index >= 15 is 0 Å². The molecule has 1 N–H and O–H groups in total. The molecule has 1 aliphatic heterocycles. The van der Waals surface area contributed by atoms with Crippen molar-refractivity contribution in [3.8, 4) is 0 Å². The highest BCUT2D eigenvalue weighted by Crippen LogP contribution is 2.18. The summed E-state index contributed by atoms with van der Waals surface area (Å²) in [5.74, 6) is 3.03.